The topological polar surface area (TPSA) is 12.0 Å². The summed E-state index contributed by atoms with van der Waals surface area (Å²) < 4.78 is 0. The van der Waals surface area contributed by atoms with Crippen molar-refractivity contribution in [2.75, 3.05) is 6.54 Å². The van der Waals surface area contributed by atoms with Gasteiger partial charge in [-0.3, -0.25) is 0 Å². The first-order valence-corrected chi connectivity index (χ1v) is 7.43. The molecule has 1 N–H and O–H groups in total. The first kappa shape index (κ1) is 14.0. The van der Waals surface area contributed by atoms with Crippen LogP contribution >= 0.6 is 0 Å². The van der Waals surface area contributed by atoms with Gasteiger partial charge in [0, 0.05) is 12.6 Å². The third kappa shape index (κ3) is 5.89. The highest BCUT2D eigenvalue weighted by Crippen LogP contribution is 2.31. The predicted octanol–water partition coefficient (Wildman–Crippen LogP) is 4.52. The highest BCUT2D eigenvalue weighted by atomic mass is 15.0. The van der Waals surface area contributed by atoms with E-state index < -0.39 is 0 Å². The smallest absolute Gasteiger partial charge is 0.00684 e. The van der Waals surface area contributed by atoms with Gasteiger partial charge in [-0.1, -0.05) is 52.9 Å². The van der Waals surface area contributed by atoms with E-state index >= 15 is 0 Å². The molecule has 16 heavy (non-hydrogen) atoms. The molecule has 0 aliphatic heterocycles. The minimum atomic E-state index is 0.561. The molecule has 0 heterocycles. The van der Waals surface area contributed by atoms with Crippen LogP contribution in [0.5, 0.6) is 0 Å². The molecule has 1 rings (SSSR count). The maximum Gasteiger partial charge on any atom is 0.00684 e. The summed E-state index contributed by atoms with van der Waals surface area (Å²) in [5.41, 5.74) is 0.561. The van der Waals surface area contributed by atoms with Gasteiger partial charge in [-0.2, -0.15) is 0 Å². The predicted molar refractivity (Wildman–Crippen MR) is 72.8 cm³/mol. The minimum absolute atomic E-state index is 0.561. The van der Waals surface area contributed by atoms with Gasteiger partial charge in [-0.25, -0.2) is 0 Å². The van der Waals surface area contributed by atoms with Crippen LogP contribution in [-0.4, -0.2) is 12.6 Å². The van der Waals surface area contributed by atoms with Crippen molar-refractivity contribution in [3.63, 3.8) is 0 Å². The Morgan fingerprint density at radius 2 is 1.75 bits per heavy atom. The van der Waals surface area contributed by atoms with E-state index in [0.717, 1.165) is 6.04 Å². The second-order valence-corrected chi connectivity index (χ2v) is 6.03. The van der Waals surface area contributed by atoms with Crippen molar-refractivity contribution < 1.29 is 0 Å². The lowest BCUT2D eigenvalue weighted by molar-refractivity contribution is 0.245. The highest BCUT2D eigenvalue weighted by Gasteiger charge is 2.27. The summed E-state index contributed by atoms with van der Waals surface area (Å²) in [6.45, 7) is 8.34. The SMILES string of the molecule is CCCCCCC(C)(CCC)CNC1CC1. The fourth-order valence-corrected chi connectivity index (χ4v) is 2.56. The molecule has 1 atom stereocenters. The molecule has 1 aliphatic rings. The summed E-state index contributed by atoms with van der Waals surface area (Å²) in [6.07, 6.45) is 12.6. The van der Waals surface area contributed by atoms with E-state index in [9.17, 15) is 0 Å². The zero-order valence-electron chi connectivity index (χ0n) is 11.6. The lowest BCUT2D eigenvalue weighted by Gasteiger charge is -2.30. The molecule has 1 heteroatoms. The van der Waals surface area contributed by atoms with Gasteiger partial charge in [0.1, 0.15) is 0 Å². The summed E-state index contributed by atoms with van der Waals surface area (Å²) in [5, 5.41) is 3.72. The lowest BCUT2D eigenvalue weighted by Crippen LogP contribution is -2.33. The van der Waals surface area contributed by atoms with Crippen LogP contribution in [0.2, 0.25) is 0 Å². The van der Waals surface area contributed by atoms with Crippen LogP contribution in [0.4, 0.5) is 0 Å². The molecular formula is C15H31N. The van der Waals surface area contributed by atoms with Gasteiger partial charge in [0.2, 0.25) is 0 Å². The number of unbranched alkanes of at least 4 members (excludes halogenated alkanes) is 3. The Hall–Kier alpha value is -0.0400. The quantitative estimate of drug-likeness (QED) is 0.539. The lowest BCUT2D eigenvalue weighted by atomic mass is 9.80. The van der Waals surface area contributed by atoms with Crippen LogP contribution in [0.1, 0.15) is 78.6 Å². The Balaban J connectivity index is 2.18. The fourth-order valence-electron chi connectivity index (χ4n) is 2.56. The number of nitrogens with one attached hydrogen (secondary N) is 1. The van der Waals surface area contributed by atoms with Gasteiger partial charge in [-0.15, -0.1) is 0 Å². The molecule has 1 nitrogen and oxygen atoms in total. The zero-order valence-corrected chi connectivity index (χ0v) is 11.6. The summed E-state index contributed by atoms with van der Waals surface area (Å²) in [6, 6.07) is 0.867. The first-order valence-electron chi connectivity index (χ1n) is 7.43. The van der Waals surface area contributed by atoms with Gasteiger partial charge in [0.25, 0.3) is 0 Å². The third-order valence-electron chi connectivity index (χ3n) is 3.88. The summed E-state index contributed by atoms with van der Waals surface area (Å²) in [4.78, 5) is 0. The Morgan fingerprint density at radius 1 is 1.00 bits per heavy atom. The molecule has 0 radical (unpaired) electrons. The number of hydrogen-bond acceptors (Lipinski definition) is 1. The van der Waals surface area contributed by atoms with Gasteiger partial charge < -0.3 is 5.32 Å². The second-order valence-electron chi connectivity index (χ2n) is 6.03. The molecule has 0 aromatic carbocycles. The molecule has 0 saturated heterocycles. The first-order chi connectivity index (χ1) is 7.70. The van der Waals surface area contributed by atoms with Crippen molar-refractivity contribution in [1.29, 1.82) is 0 Å². The van der Waals surface area contributed by atoms with Gasteiger partial charge in [-0.05, 0) is 31.1 Å². The third-order valence-corrected chi connectivity index (χ3v) is 3.88. The van der Waals surface area contributed by atoms with Crippen LogP contribution in [0.3, 0.4) is 0 Å². The fraction of sp³-hybridized carbons (Fsp3) is 1.00. The standard InChI is InChI=1S/C15H31N/c1-4-6-7-8-12-15(3,11-5-2)13-16-14-9-10-14/h14,16H,4-13H2,1-3H3. The van der Waals surface area contributed by atoms with E-state index in [1.54, 1.807) is 0 Å². The van der Waals surface area contributed by atoms with E-state index in [4.69, 9.17) is 0 Å². The van der Waals surface area contributed by atoms with E-state index in [1.807, 2.05) is 0 Å². The Morgan fingerprint density at radius 3 is 2.31 bits per heavy atom. The molecular weight excluding hydrogens is 194 g/mol. The molecule has 1 saturated carbocycles. The Bertz CT molecular complexity index is 174. The van der Waals surface area contributed by atoms with Gasteiger partial charge in [0.15, 0.2) is 0 Å². The van der Waals surface area contributed by atoms with Crippen molar-refractivity contribution in [3.8, 4) is 0 Å². The maximum absolute atomic E-state index is 3.72. The van der Waals surface area contributed by atoms with Crippen molar-refractivity contribution in [3.05, 3.63) is 0 Å². The average molecular weight is 225 g/mol. The van der Waals surface area contributed by atoms with Crippen molar-refractivity contribution in [1.82, 2.24) is 5.32 Å². The monoisotopic (exact) mass is 225 g/mol. The van der Waals surface area contributed by atoms with Gasteiger partial charge >= 0.3 is 0 Å². The van der Waals surface area contributed by atoms with Crippen LogP contribution in [-0.2, 0) is 0 Å². The van der Waals surface area contributed by atoms with Crippen LogP contribution in [0.15, 0.2) is 0 Å². The second kappa shape index (κ2) is 7.32. The van der Waals surface area contributed by atoms with E-state index in [-0.39, 0.29) is 0 Å². The van der Waals surface area contributed by atoms with E-state index in [2.05, 4.69) is 26.1 Å². The van der Waals surface area contributed by atoms with Crippen LogP contribution < -0.4 is 5.32 Å². The molecule has 0 amide bonds. The minimum Gasteiger partial charge on any atom is -0.313 e. The maximum atomic E-state index is 3.72. The molecule has 1 unspecified atom stereocenters. The number of rotatable bonds is 10. The van der Waals surface area contributed by atoms with Crippen LogP contribution in [0, 0.1) is 5.41 Å². The molecule has 0 aromatic rings. The highest BCUT2D eigenvalue weighted by molar-refractivity contribution is 4.85. The molecule has 1 aliphatic carbocycles. The normalized spacial score (nSPS) is 19.7. The largest absolute Gasteiger partial charge is 0.313 e. The Kier molecular flexibility index (Phi) is 6.41. The zero-order chi connectivity index (χ0) is 11.9. The molecule has 0 spiro atoms. The van der Waals surface area contributed by atoms with Crippen molar-refractivity contribution >= 4 is 0 Å². The average Bonchev–Trinajstić information content (AvgIpc) is 3.06. The van der Waals surface area contributed by atoms with E-state index in [1.165, 1.54) is 64.3 Å². The van der Waals surface area contributed by atoms with Crippen molar-refractivity contribution in [2.24, 2.45) is 5.41 Å². The summed E-state index contributed by atoms with van der Waals surface area (Å²) >= 11 is 0. The van der Waals surface area contributed by atoms with E-state index in [0.29, 0.717) is 5.41 Å². The van der Waals surface area contributed by atoms with Crippen LogP contribution in [0.25, 0.3) is 0 Å². The molecule has 0 bridgehead atoms. The summed E-state index contributed by atoms with van der Waals surface area (Å²) in [5.74, 6) is 0. The number of hydrogen-bond donors (Lipinski definition) is 1. The summed E-state index contributed by atoms with van der Waals surface area (Å²) in [7, 11) is 0. The molecule has 0 aromatic heterocycles. The van der Waals surface area contributed by atoms with Gasteiger partial charge in [0.05, 0.1) is 0 Å². The van der Waals surface area contributed by atoms with Crippen molar-refractivity contribution in [2.45, 2.75) is 84.6 Å². The molecule has 96 valence electrons. The Labute approximate surface area is 102 Å². The molecule has 1 fully saturated rings.